The summed E-state index contributed by atoms with van der Waals surface area (Å²) in [5.41, 5.74) is 0.883. The molecule has 0 radical (unpaired) electrons. The Morgan fingerprint density at radius 3 is 2.79 bits per heavy atom. The van der Waals surface area contributed by atoms with Gasteiger partial charge in [0.05, 0.1) is 20.4 Å². The SMILES string of the molecule is COc1cccc(CNC(=O)Cn2cccc(-c3nc(-c4cnccn4)no3)c2=O)c1OC. The molecular formula is C22H20N6O5. The van der Waals surface area contributed by atoms with Crippen LogP contribution in [0.5, 0.6) is 11.5 Å². The highest BCUT2D eigenvalue weighted by Crippen LogP contribution is 2.30. The lowest BCUT2D eigenvalue weighted by molar-refractivity contribution is -0.121. The first-order valence-corrected chi connectivity index (χ1v) is 9.87. The third-order valence-electron chi connectivity index (χ3n) is 4.74. The Morgan fingerprint density at radius 2 is 2.03 bits per heavy atom. The molecule has 11 nitrogen and oxygen atoms in total. The van der Waals surface area contributed by atoms with E-state index in [2.05, 4.69) is 25.4 Å². The van der Waals surface area contributed by atoms with Gasteiger partial charge in [-0.3, -0.25) is 14.6 Å². The summed E-state index contributed by atoms with van der Waals surface area (Å²) in [6.45, 7) is 0.0168. The number of hydrogen-bond donors (Lipinski definition) is 1. The van der Waals surface area contributed by atoms with Gasteiger partial charge in [0.2, 0.25) is 11.7 Å². The van der Waals surface area contributed by atoms with Gasteiger partial charge in [0.1, 0.15) is 17.8 Å². The van der Waals surface area contributed by atoms with Crippen LogP contribution in [0, 0.1) is 0 Å². The summed E-state index contributed by atoms with van der Waals surface area (Å²) in [5.74, 6) is 0.975. The molecule has 0 saturated heterocycles. The van der Waals surface area contributed by atoms with Crippen LogP contribution in [0.15, 0.2) is 64.4 Å². The summed E-state index contributed by atoms with van der Waals surface area (Å²) >= 11 is 0. The topological polar surface area (TPSA) is 134 Å². The van der Waals surface area contributed by atoms with Gasteiger partial charge in [-0.2, -0.15) is 4.98 Å². The van der Waals surface area contributed by atoms with E-state index in [1.807, 2.05) is 6.07 Å². The first-order chi connectivity index (χ1) is 16.1. The molecule has 4 rings (SSSR count). The molecule has 4 aromatic rings. The van der Waals surface area contributed by atoms with E-state index in [0.717, 1.165) is 5.56 Å². The molecule has 1 N–H and O–H groups in total. The molecule has 11 heteroatoms. The molecule has 1 aromatic carbocycles. The van der Waals surface area contributed by atoms with Crippen molar-refractivity contribution >= 4 is 5.91 Å². The van der Waals surface area contributed by atoms with Crippen LogP contribution in [0.25, 0.3) is 23.0 Å². The van der Waals surface area contributed by atoms with E-state index in [1.165, 1.54) is 36.5 Å². The molecular weight excluding hydrogens is 428 g/mol. The molecule has 0 fully saturated rings. The predicted molar refractivity (Wildman–Crippen MR) is 116 cm³/mol. The summed E-state index contributed by atoms with van der Waals surface area (Å²) in [4.78, 5) is 37.7. The highest BCUT2D eigenvalue weighted by atomic mass is 16.5. The maximum Gasteiger partial charge on any atom is 0.263 e. The van der Waals surface area contributed by atoms with Gasteiger partial charge in [0.15, 0.2) is 11.5 Å². The first-order valence-electron chi connectivity index (χ1n) is 9.87. The number of para-hydroxylation sites is 1. The Balaban J connectivity index is 1.48. The molecule has 0 aliphatic rings. The van der Waals surface area contributed by atoms with Crippen molar-refractivity contribution in [1.82, 2.24) is 30.0 Å². The number of aromatic nitrogens is 5. The average molecular weight is 448 g/mol. The van der Waals surface area contributed by atoms with E-state index in [-0.39, 0.29) is 36.3 Å². The van der Waals surface area contributed by atoms with Gasteiger partial charge < -0.3 is 23.9 Å². The third-order valence-corrected chi connectivity index (χ3v) is 4.74. The quantitative estimate of drug-likeness (QED) is 0.427. The minimum absolute atomic E-state index is 0.0246. The normalized spacial score (nSPS) is 10.6. The molecule has 0 unspecified atom stereocenters. The van der Waals surface area contributed by atoms with Gasteiger partial charge in [-0.1, -0.05) is 17.3 Å². The maximum absolute atomic E-state index is 12.9. The van der Waals surface area contributed by atoms with E-state index in [4.69, 9.17) is 14.0 Å². The fraction of sp³-hybridized carbons (Fsp3) is 0.182. The smallest absolute Gasteiger partial charge is 0.263 e. The van der Waals surface area contributed by atoms with Crippen molar-refractivity contribution in [2.24, 2.45) is 0 Å². The summed E-state index contributed by atoms with van der Waals surface area (Å²) in [6, 6.07) is 8.56. The van der Waals surface area contributed by atoms with Crippen LogP contribution in [0.4, 0.5) is 0 Å². The fourth-order valence-electron chi connectivity index (χ4n) is 3.17. The minimum atomic E-state index is -0.444. The van der Waals surface area contributed by atoms with E-state index in [0.29, 0.717) is 17.2 Å². The second kappa shape index (κ2) is 9.73. The minimum Gasteiger partial charge on any atom is -0.493 e. The molecule has 1 amide bonds. The molecule has 0 bridgehead atoms. The second-order valence-electron chi connectivity index (χ2n) is 6.80. The number of nitrogens with zero attached hydrogens (tertiary/aromatic N) is 5. The first kappa shape index (κ1) is 21.7. The van der Waals surface area contributed by atoms with Crippen molar-refractivity contribution in [3.63, 3.8) is 0 Å². The number of methoxy groups -OCH3 is 2. The average Bonchev–Trinajstić information content (AvgIpc) is 3.34. The van der Waals surface area contributed by atoms with Crippen LogP contribution in [-0.4, -0.2) is 44.8 Å². The van der Waals surface area contributed by atoms with E-state index >= 15 is 0 Å². The largest absolute Gasteiger partial charge is 0.493 e. The number of ether oxygens (including phenoxy) is 2. The molecule has 0 aliphatic carbocycles. The summed E-state index contributed by atoms with van der Waals surface area (Å²) in [7, 11) is 3.07. The van der Waals surface area contributed by atoms with Gasteiger partial charge in [-0.25, -0.2) is 4.98 Å². The highest BCUT2D eigenvalue weighted by Gasteiger charge is 2.17. The third kappa shape index (κ3) is 4.71. The van der Waals surface area contributed by atoms with Crippen molar-refractivity contribution in [3.8, 4) is 34.5 Å². The van der Waals surface area contributed by atoms with E-state index in [9.17, 15) is 9.59 Å². The molecule has 3 aromatic heterocycles. The van der Waals surface area contributed by atoms with E-state index in [1.54, 1.807) is 31.4 Å². The number of rotatable bonds is 8. The van der Waals surface area contributed by atoms with Crippen LogP contribution < -0.4 is 20.3 Å². The van der Waals surface area contributed by atoms with Gasteiger partial charge in [0, 0.05) is 30.7 Å². The number of pyridine rings is 1. The van der Waals surface area contributed by atoms with Crippen LogP contribution in [0.1, 0.15) is 5.56 Å². The number of carbonyl (C=O) groups excluding carboxylic acids is 1. The Bertz CT molecular complexity index is 1320. The van der Waals surface area contributed by atoms with Crippen LogP contribution in [-0.2, 0) is 17.9 Å². The molecule has 168 valence electrons. The molecule has 0 saturated carbocycles. The monoisotopic (exact) mass is 448 g/mol. The molecule has 0 aliphatic heterocycles. The molecule has 0 spiro atoms. The van der Waals surface area contributed by atoms with Gasteiger partial charge in [0.25, 0.3) is 11.4 Å². The predicted octanol–water partition coefficient (Wildman–Crippen LogP) is 1.69. The second-order valence-corrected chi connectivity index (χ2v) is 6.80. The summed E-state index contributed by atoms with van der Waals surface area (Å²) in [5, 5.41) is 6.63. The molecule has 33 heavy (non-hydrogen) atoms. The Hall–Kier alpha value is -4.54. The zero-order valence-corrected chi connectivity index (χ0v) is 17.9. The Labute approximate surface area is 188 Å². The van der Waals surface area contributed by atoms with Crippen LogP contribution in [0.3, 0.4) is 0 Å². The van der Waals surface area contributed by atoms with Gasteiger partial charge >= 0.3 is 0 Å². The lowest BCUT2D eigenvalue weighted by Gasteiger charge is -2.13. The van der Waals surface area contributed by atoms with Crippen molar-refractivity contribution in [2.45, 2.75) is 13.1 Å². The van der Waals surface area contributed by atoms with E-state index < -0.39 is 5.56 Å². The number of benzene rings is 1. The van der Waals surface area contributed by atoms with Crippen molar-refractivity contribution < 1.29 is 18.8 Å². The Kier molecular flexibility index (Phi) is 6.39. The summed E-state index contributed by atoms with van der Waals surface area (Å²) < 4.78 is 17.1. The lowest BCUT2D eigenvalue weighted by atomic mass is 10.2. The fourth-order valence-corrected chi connectivity index (χ4v) is 3.17. The number of nitrogens with one attached hydrogen (secondary N) is 1. The van der Waals surface area contributed by atoms with Crippen LogP contribution in [0.2, 0.25) is 0 Å². The molecule has 0 atom stereocenters. The van der Waals surface area contributed by atoms with Crippen molar-refractivity contribution in [2.75, 3.05) is 14.2 Å². The van der Waals surface area contributed by atoms with Gasteiger partial charge in [-0.05, 0) is 18.2 Å². The highest BCUT2D eigenvalue weighted by molar-refractivity contribution is 5.76. The summed E-state index contributed by atoms with van der Waals surface area (Å²) in [6.07, 6.45) is 6.02. The standard InChI is InChI=1S/C22H20N6O5/c1-31-17-7-3-5-14(19(17)32-2)11-25-18(29)13-28-10-4-6-15(22(28)30)21-26-20(27-33-21)16-12-23-8-9-24-16/h3-10,12H,11,13H2,1-2H3,(H,25,29). The number of carbonyl (C=O) groups is 1. The molecule has 3 heterocycles. The Morgan fingerprint density at radius 1 is 1.15 bits per heavy atom. The van der Waals surface area contributed by atoms with Crippen LogP contribution >= 0.6 is 0 Å². The zero-order chi connectivity index (χ0) is 23.2. The zero-order valence-electron chi connectivity index (χ0n) is 17.9. The van der Waals surface area contributed by atoms with Crippen molar-refractivity contribution in [3.05, 3.63) is 71.0 Å². The number of hydrogen-bond acceptors (Lipinski definition) is 9. The lowest BCUT2D eigenvalue weighted by Crippen LogP contribution is -2.32. The maximum atomic E-state index is 12.9. The van der Waals surface area contributed by atoms with Gasteiger partial charge in [-0.15, -0.1) is 0 Å². The van der Waals surface area contributed by atoms with Crippen molar-refractivity contribution in [1.29, 1.82) is 0 Å². The number of amides is 1.